The van der Waals surface area contributed by atoms with Crippen LogP contribution >= 0.6 is 0 Å². The van der Waals surface area contributed by atoms with Gasteiger partial charge in [0.05, 0.1) is 12.0 Å². The summed E-state index contributed by atoms with van der Waals surface area (Å²) in [6.07, 6.45) is -0.0119. The lowest BCUT2D eigenvalue weighted by Gasteiger charge is -2.30. The summed E-state index contributed by atoms with van der Waals surface area (Å²) in [7, 11) is 3.86. The molecule has 6 heteroatoms. The zero-order chi connectivity index (χ0) is 15.0. The molecule has 0 aliphatic rings. The van der Waals surface area contributed by atoms with Crippen LogP contribution in [0.2, 0.25) is 0 Å². The predicted molar refractivity (Wildman–Crippen MR) is 74.6 cm³/mol. The Bertz CT molecular complexity index is 282. The minimum absolute atomic E-state index is 0.117. The van der Waals surface area contributed by atoms with Crippen molar-refractivity contribution in [2.45, 2.75) is 32.9 Å². The van der Waals surface area contributed by atoms with Gasteiger partial charge in [-0.3, -0.25) is 9.59 Å². The van der Waals surface area contributed by atoms with E-state index in [-0.39, 0.29) is 17.9 Å². The predicted octanol–water partition coefficient (Wildman–Crippen LogP) is -0.568. The molecule has 0 fully saturated rings. The molecule has 0 aliphatic carbocycles. The van der Waals surface area contributed by atoms with Crippen molar-refractivity contribution >= 4 is 12.3 Å². The number of aliphatic hydroxyl groups is 1. The highest BCUT2D eigenvalue weighted by atomic mass is 16.3. The summed E-state index contributed by atoms with van der Waals surface area (Å²) in [5, 5.41) is 15.1. The highest BCUT2D eigenvalue weighted by Crippen LogP contribution is 2.16. The van der Waals surface area contributed by atoms with Crippen molar-refractivity contribution in [2.24, 2.45) is 11.8 Å². The fourth-order valence-corrected chi connectivity index (χ4v) is 1.86. The van der Waals surface area contributed by atoms with Gasteiger partial charge >= 0.3 is 0 Å². The van der Waals surface area contributed by atoms with E-state index in [1.165, 1.54) is 0 Å². The molecule has 0 heterocycles. The zero-order valence-electron chi connectivity index (χ0n) is 12.5. The molecule has 19 heavy (non-hydrogen) atoms. The van der Waals surface area contributed by atoms with Gasteiger partial charge in [0.15, 0.2) is 0 Å². The Morgan fingerprint density at radius 2 is 1.89 bits per heavy atom. The maximum Gasteiger partial charge on any atom is 0.224 e. The number of nitrogens with zero attached hydrogens (tertiary/aromatic N) is 1. The van der Waals surface area contributed by atoms with E-state index in [9.17, 15) is 14.7 Å². The van der Waals surface area contributed by atoms with Crippen molar-refractivity contribution in [1.29, 1.82) is 0 Å². The number of likely N-dealkylation sites (N-methyl/N-ethyl adjacent to an activating group) is 1. The third-order valence-corrected chi connectivity index (χ3v) is 3.40. The van der Waals surface area contributed by atoms with Gasteiger partial charge in [0.25, 0.3) is 0 Å². The Labute approximate surface area is 115 Å². The smallest absolute Gasteiger partial charge is 0.224 e. The first kappa shape index (κ1) is 17.9. The largest absolute Gasteiger partial charge is 0.393 e. The lowest BCUT2D eigenvalue weighted by Crippen LogP contribution is -2.49. The Morgan fingerprint density at radius 1 is 1.32 bits per heavy atom. The van der Waals surface area contributed by atoms with Gasteiger partial charge in [-0.15, -0.1) is 0 Å². The summed E-state index contributed by atoms with van der Waals surface area (Å²) in [6.45, 7) is 6.55. The molecule has 0 bridgehead atoms. The van der Waals surface area contributed by atoms with Gasteiger partial charge < -0.3 is 20.6 Å². The monoisotopic (exact) mass is 273 g/mol. The number of aliphatic hydroxyl groups excluding tert-OH is 1. The van der Waals surface area contributed by atoms with Gasteiger partial charge in [-0.25, -0.2) is 0 Å². The number of carbonyl (C=O) groups is 2. The summed E-state index contributed by atoms with van der Waals surface area (Å²) in [5.41, 5.74) is 0. The minimum atomic E-state index is -0.588. The van der Waals surface area contributed by atoms with Crippen molar-refractivity contribution < 1.29 is 14.7 Å². The number of hydrogen-bond acceptors (Lipinski definition) is 4. The number of rotatable bonds is 9. The standard InChI is InChI=1S/C13H27N3O3/c1-9(11(3)18)12(15-8-17)10(2)13(19)14-6-7-16(4)5/h8-12,18H,6-7H2,1-5H3,(H,14,19)(H,15,17)/t9-,10-,11-,12+/m1/s1. The van der Waals surface area contributed by atoms with Crippen LogP contribution in [0.1, 0.15) is 20.8 Å². The molecule has 0 saturated heterocycles. The van der Waals surface area contributed by atoms with Gasteiger partial charge in [0.2, 0.25) is 12.3 Å². The van der Waals surface area contributed by atoms with Crippen LogP contribution in [-0.2, 0) is 9.59 Å². The average Bonchev–Trinajstić information content (AvgIpc) is 2.33. The van der Waals surface area contributed by atoms with Gasteiger partial charge in [-0.2, -0.15) is 0 Å². The van der Waals surface area contributed by atoms with Gasteiger partial charge in [-0.05, 0) is 21.0 Å². The summed E-state index contributed by atoms with van der Waals surface area (Å²) < 4.78 is 0. The van der Waals surface area contributed by atoms with Crippen LogP contribution in [0.4, 0.5) is 0 Å². The fraction of sp³-hybridized carbons (Fsp3) is 0.846. The number of amides is 2. The molecular weight excluding hydrogens is 246 g/mol. The molecule has 0 aliphatic heterocycles. The van der Waals surface area contributed by atoms with Crippen LogP contribution in [0.3, 0.4) is 0 Å². The Morgan fingerprint density at radius 3 is 2.32 bits per heavy atom. The molecule has 2 amide bonds. The number of hydrogen-bond donors (Lipinski definition) is 3. The molecule has 0 aromatic carbocycles. The summed E-state index contributed by atoms with van der Waals surface area (Å²) in [6, 6.07) is -0.378. The third kappa shape index (κ3) is 6.54. The normalized spacial score (nSPS) is 17.4. The molecule has 0 unspecified atom stereocenters. The lowest BCUT2D eigenvalue weighted by atomic mass is 9.87. The van der Waals surface area contributed by atoms with Gasteiger partial charge in [0.1, 0.15) is 0 Å². The summed E-state index contributed by atoms with van der Waals surface area (Å²) in [5.74, 6) is -0.703. The lowest BCUT2D eigenvalue weighted by molar-refractivity contribution is -0.126. The minimum Gasteiger partial charge on any atom is -0.393 e. The Balaban J connectivity index is 4.48. The number of carbonyl (C=O) groups excluding carboxylic acids is 2. The first-order valence-corrected chi connectivity index (χ1v) is 6.61. The summed E-state index contributed by atoms with van der Waals surface area (Å²) in [4.78, 5) is 24.6. The van der Waals surface area contributed by atoms with E-state index >= 15 is 0 Å². The highest BCUT2D eigenvalue weighted by molar-refractivity contribution is 5.79. The molecular formula is C13H27N3O3. The first-order chi connectivity index (χ1) is 8.81. The van der Waals surface area contributed by atoms with Gasteiger partial charge in [0, 0.05) is 25.0 Å². The quantitative estimate of drug-likeness (QED) is 0.492. The molecule has 3 N–H and O–H groups in total. The molecule has 0 aromatic rings. The highest BCUT2D eigenvalue weighted by Gasteiger charge is 2.30. The van der Waals surface area contributed by atoms with Crippen molar-refractivity contribution in [2.75, 3.05) is 27.2 Å². The van der Waals surface area contributed by atoms with E-state index in [0.717, 1.165) is 6.54 Å². The van der Waals surface area contributed by atoms with Crippen molar-refractivity contribution in [3.05, 3.63) is 0 Å². The van der Waals surface area contributed by atoms with Crippen molar-refractivity contribution in [3.8, 4) is 0 Å². The topological polar surface area (TPSA) is 81.7 Å². The second-order valence-electron chi connectivity index (χ2n) is 5.29. The number of nitrogens with one attached hydrogen (secondary N) is 2. The molecule has 112 valence electrons. The third-order valence-electron chi connectivity index (χ3n) is 3.40. The van der Waals surface area contributed by atoms with E-state index in [1.807, 2.05) is 25.9 Å². The molecule has 0 rings (SSSR count). The van der Waals surface area contributed by atoms with Crippen LogP contribution in [0.25, 0.3) is 0 Å². The van der Waals surface area contributed by atoms with E-state index in [2.05, 4.69) is 10.6 Å². The van der Waals surface area contributed by atoms with Crippen LogP contribution in [0.15, 0.2) is 0 Å². The van der Waals surface area contributed by atoms with Crippen LogP contribution in [0.5, 0.6) is 0 Å². The van der Waals surface area contributed by atoms with Crippen molar-refractivity contribution in [1.82, 2.24) is 15.5 Å². The first-order valence-electron chi connectivity index (χ1n) is 6.61. The Hall–Kier alpha value is -1.14. The fourth-order valence-electron chi connectivity index (χ4n) is 1.86. The van der Waals surface area contributed by atoms with E-state index in [0.29, 0.717) is 13.0 Å². The van der Waals surface area contributed by atoms with E-state index in [1.54, 1.807) is 13.8 Å². The van der Waals surface area contributed by atoms with Gasteiger partial charge in [-0.1, -0.05) is 13.8 Å². The van der Waals surface area contributed by atoms with E-state index in [4.69, 9.17) is 0 Å². The van der Waals surface area contributed by atoms with Crippen LogP contribution in [-0.4, -0.2) is 61.7 Å². The Kier molecular flexibility index (Phi) is 8.34. The molecule has 4 atom stereocenters. The maximum atomic E-state index is 12.0. The molecule has 0 radical (unpaired) electrons. The zero-order valence-corrected chi connectivity index (χ0v) is 12.5. The second-order valence-corrected chi connectivity index (χ2v) is 5.29. The SMILES string of the molecule is C[C@@H]([C@H](NC=O)[C@@H](C)C(=O)NCCN(C)C)[C@@H](C)O. The molecule has 0 saturated carbocycles. The maximum absolute atomic E-state index is 12.0. The molecule has 6 nitrogen and oxygen atoms in total. The molecule has 0 spiro atoms. The average molecular weight is 273 g/mol. The summed E-state index contributed by atoms with van der Waals surface area (Å²) >= 11 is 0. The van der Waals surface area contributed by atoms with Crippen LogP contribution in [0, 0.1) is 11.8 Å². The van der Waals surface area contributed by atoms with Crippen LogP contribution < -0.4 is 10.6 Å². The second kappa shape index (κ2) is 8.87. The van der Waals surface area contributed by atoms with E-state index < -0.39 is 12.0 Å². The molecule has 0 aromatic heterocycles. The van der Waals surface area contributed by atoms with Crippen molar-refractivity contribution in [3.63, 3.8) is 0 Å².